The smallest absolute Gasteiger partial charge is 0.282 e. The van der Waals surface area contributed by atoms with Gasteiger partial charge in [0.2, 0.25) is 0 Å². The topological polar surface area (TPSA) is 65.7 Å². The molecule has 0 N–H and O–H groups in total. The molecule has 0 spiro atoms. The molecule has 5 aromatic rings. The summed E-state index contributed by atoms with van der Waals surface area (Å²) in [6.45, 7) is 9.04. The van der Waals surface area contributed by atoms with Crippen molar-refractivity contribution < 1.29 is 13.9 Å². The average Bonchev–Trinajstić information content (AvgIpc) is 2.97. The van der Waals surface area contributed by atoms with Crippen LogP contribution in [0, 0.1) is 12.7 Å². The van der Waals surface area contributed by atoms with E-state index in [4.69, 9.17) is 14.5 Å². The number of para-hydroxylation sites is 1. The van der Waals surface area contributed by atoms with Crippen molar-refractivity contribution in [2.45, 2.75) is 40.2 Å². The van der Waals surface area contributed by atoms with Gasteiger partial charge in [-0.25, -0.2) is 9.37 Å². The van der Waals surface area contributed by atoms with Crippen LogP contribution in [0.2, 0.25) is 0 Å². The van der Waals surface area contributed by atoms with Crippen LogP contribution in [-0.4, -0.2) is 22.5 Å². The Morgan fingerprint density at radius 3 is 2.48 bits per heavy atom. The van der Waals surface area contributed by atoms with Gasteiger partial charge >= 0.3 is 0 Å². The van der Waals surface area contributed by atoms with Gasteiger partial charge in [0.15, 0.2) is 5.82 Å². The Kier molecular flexibility index (Phi) is 8.83. The molecule has 6 nitrogen and oxygen atoms in total. The highest BCUT2D eigenvalue weighted by molar-refractivity contribution is 9.10. The summed E-state index contributed by atoms with van der Waals surface area (Å²) in [6.07, 6.45) is 1.63. The average molecular weight is 629 g/mol. The zero-order chi connectivity index (χ0) is 29.8. The van der Waals surface area contributed by atoms with Crippen LogP contribution in [-0.2, 0) is 6.61 Å². The lowest BCUT2D eigenvalue weighted by Crippen LogP contribution is -2.20. The molecule has 1 aromatic heterocycles. The van der Waals surface area contributed by atoms with E-state index in [1.807, 2.05) is 56.3 Å². The van der Waals surface area contributed by atoms with Crippen molar-refractivity contribution in [2.24, 2.45) is 5.10 Å². The first kappa shape index (κ1) is 29.2. The van der Waals surface area contributed by atoms with Gasteiger partial charge < -0.3 is 9.47 Å². The van der Waals surface area contributed by atoms with Crippen molar-refractivity contribution in [1.82, 2.24) is 9.66 Å². The highest BCUT2D eigenvalue weighted by atomic mass is 79.9. The van der Waals surface area contributed by atoms with Gasteiger partial charge in [0.05, 0.1) is 28.2 Å². The fourth-order valence-electron chi connectivity index (χ4n) is 4.66. The number of ether oxygens (including phenoxy) is 2. The maximum atomic E-state index is 13.7. The molecule has 4 aromatic carbocycles. The SMILES string of the molecule is CCOc1cc(C)c(-c2nc3ccccc3c(=O)n2N=Cc2ccc(OCc3ccc(F)cc3)c(Br)c2)cc1C(C)C. The molecule has 8 heteroatoms. The van der Waals surface area contributed by atoms with Crippen LogP contribution < -0.4 is 15.0 Å². The standard InChI is InChI=1S/C34H31BrFN3O3/c1-5-41-32-16-22(4)28(18-27(32)21(2)3)33-38-30-9-7-6-8-26(30)34(40)39(33)37-19-24-12-15-31(29(35)17-24)42-20-23-10-13-25(36)14-11-23/h6-19,21H,5,20H2,1-4H3. The van der Waals surface area contributed by atoms with Gasteiger partial charge in [0.25, 0.3) is 5.56 Å². The predicted octanol–water partition coefficient (Wildman–Crippen LogP) is 8.26. The lowest BCUT2D eigenvalue weighted by molar-refractivity contribution is 0.304. The highest BCUT2D eigenvalue weighted by Crippen LogP contribution is 2.34. The first-order valence-corrected chi connectivity index (χ1v) is 14.5. The largest absolute Gasteiger partial charge is 0.494 e. The van der Waals surface area contributed by atoms with Crippen LogP contribution in [0.15, 0.2) is 93.2 Å². The molecule has 0 aliphatic heterocycles. The molecule has 214 valence electrons. The van der Waals surface area contributed by atoms with E-state index in [0.29, 0.717) is 35.7 Å². The second-order valence-corrected chi connectivity index (χ2v) is 11.1. The van der Waals surface area contributed by atoms with Gasteiger partial charge in [-0.2, -0.15) is 9.78 Å². The third-order valence-electron chi connectivity index (χ3n) is 6.86. The number of benzene rings is 4. The number of nitrogens with zero attached hydrogens (tertiary/aromatic N) is 3. The molecule has 0 fully saturated rings. The van der Waals surface area contributed by atoms with Crippen molar-refractivity contribution in [3.63, 3.8) is 0 Å². The highest BCUT2D eigenvalue weighted by Gasteiger charge is 2.18. The molecule has 1 heterocycles. The molecule has 0 aliphatic carbocycles. The van der Waals surface area contributed by atoms with Crippen molar-refractivity contribution in [3.8, 4) is 22.9 Å². The summed E-state index contributed by atoms with van der Waals surface area (Å²) in [4.78, 5) is 18.6. The molecular weight excluding hydrogens is 597 g/mol. The maximum absolute atomic E-state index is 13.7. The van der Waals surface area contributed by atoms with Crippen LogP contribution in [0.25, 0.3) is 22.3 Å². The Labute approximate surface area is 252 Å². The lowest BCUT2D eigenvalue weighted by Gasteiger charge is -2.18. The zero-order valence-electron chi connectivity index (χ0n) is 23.9. The summed E-state index contributed by atoms with van der Waals surface area (Å²) in [5, 5.41) is 5.12. The fourth-order valence-corrected chi connectivity index (χ4v) is 5.17. The van der Waals surface area contributed by atoms with Crippen LogP contribution in [0.1, 0.15) is 48.9 Å². The Morgan fingerprint density at radius 2 is 1.76 bits per heavy atom. The molecule has 42 heavy (non-hydrogen) atoms. The first-order chi connectivity index (χ1) is 20.2. The van der Waals surface area contributed by atoms with E-state index >= 15 is 0 Å². The van der Waals surface area contributed by atoms with E-state index < -0.39 is 0 Å². The minimum atomic E-state index is -0.287. The molecule has 0 radical (unpaired) electrons. The molecular formula is C34H31BrFN3O3. The van der Waals surface area contributed by atoms with Gasteiger partial charge in [0, 0.05) is 5.56 Å². The number of hydrogen-bond donors (Lipinski definition) is 0. The second-order valence-electron chi connectivity index (χ2n) is 10.2. The number of aromatic nitrogens is 2. The number of aryl methyl sites for hydroxylation is 1. The van der Waals surface area contributed by atoms with Gasteiger partial charge in [-0.15, -0.1) is 0 Å². The van der Waals surface area contributed by atoms with Crippen LogP contribution in [0.4, 0.5) is 4.39 Å². The number of rotatable bonds is 9. The third kappa shape index (κ3) is 6.29. The molecule has 0 atom stereocenters. The Morgan fingerprint density at radius 1 is 1.00 bits per heavy atom. The summed E-state index contributed by atoms with van der Waals surface area (Å²) >= 11 is 3.57. The predicted molar refractivity (Wildman–Crippen MR) is 169 cm³/mol. The van der Waals surface area contributed by atoms with Gasteiger partial charge in [-0.05, 0) is 113 Å². The summed E-state index contributed by atoms with van der Waals surface area (Å²) in [5.74, 6) is 1.84. The zero-order valence-corrected chi connectivity index (χ0v) is 25.5. The van der Waals surface area contributed by atoms with Gasteiger partial charge in [-0.3, -0.25) is 4.79 Å². The van der Waals surface area contributed by atoms with E-state index in [9.17, 15) is 9.18 Å². The van der Waals surface area contributed by atoms with Crippen molar-refractivity contribution in [2.75, 3.05) is 6.61 Å². The van der Waals surface area contributed by atoms with E-state index in [1.165, 1.54) is 16.8 Å². The van der Waals surface area contributed by atoms with Crippen molar-refractivity contribution >= 4 is 33.0 Å². The van der Waals surface area contributed by atoms with Gasteiger partial charge in [0.1, 0.15) is 23.9 Å². The van der Waals surface area contributed by atoms with E-state index in [2.05, 4.69) is 40.9 Å². The third-order valence-corrected chi connectivity index (χ3v) is 7.48. The minimum absolute atomic E-state index is 0.205. The van der Waals surface area contributed by atoms with Crippen molar-refractivity contribution in [1.29, 1.82) is 0 Å². The number of halogens is 2. The number of hydrogen-bond acceptors (Lipinski definition) is 5. The Hall–Kier alpha value is -4.30. The number of fused-ring (bicyclic) bond motifs is 1. The molecule has 0 bridgehead atoms. The Bertz CT molecular complexity index is 1830. The summed E-state index contributed by atoms with van der Waals surface area (Å²) in [6, 6.07) is 23.1. The van der Waals surface area contributed by atoms with Crippen LogP contribution in [0.5, 0.6) is 11.5 Å². The second kappa shape index (κ2) is 12.7. The van der Waals surface area contributed by atoms with E-state index in [1.54, 1.807) is 24.4 Å². The maximum Gasteiger partial charge on any atom is 0.282 e. The molecule has 0 saturated heterocycles. The Balaban J connectivity index is 1.53. The van der Waals surface area contributed by atoms with Crippen LogP contribution in [0.3, 0.4) is 0 Å². The fraction of sp³-hybridized carbons (Fsp3) is 0.206. The van der Waals surface area contributed by atoms with E-state index in [0.717, 1.165) is 38.0 Å². The molecule has 0 aliphatic rings. The lowest BCUT2D eigenvalue weighted by atomic mass is 9.96. The molecule has 0 saturated carbocycles. The first-order valence-electron chi connectivity index (χ1n) is 13.8. The summed E-state index contributed by atoms with van der Waals surface area (Å²) < 4.78 is 27.1. The summed E-state index contributed by atoms with van der Waals surface area (Å²) in [5.41, 5.74) is 4.74. The van der Waals surface area contributed by atoms with Crippen molar-refractivity contribution in [3.05, 3.63) is 122 Å². The van der Waals surface area contributed by atoms with Gasteiger partial charge in [-0.1, -0.05) is 38.1 Å². The van der Waals surface area contributed by atoms with E-state index in [-0.39, 0.29) is 17.3 Å². The normalized spacial score (nSPS) is 11.5. The molecule has 5 rings (SSSR count). The minimum Gasteiger partial charge on any atom is -0.494 e. The monoisotopic (exact) mass is 627 g/mol. The van der Waals surface area contributed by atoms with Crippen LogP contribution >= 0.6 is 15.9 Å². The quantitative estimate of drug-likeness (QED) is 0.154. The molecule has 0 unspecified atom stereocenters. The summed E-state index contributed by atoms with van der Waals surface area (Å²) in [7, 11) is 0. The molecule has 0 amide bonds.